The molecule has 0 saturated carbocycles. The zero-order chi connectivity index (χ0) is 13.1. The number of aromatic nitrogens is 1. The van der Waals surface area contributed by atoms with Crippen LogP contribution in [0.2, 0.25) is 0 Å². The van der Waals surface area contributed by atoms with E-state index in [0.717, 1.165) is 5.56 Å². The van der Waals surface area contributed by atoms with E-state index in [0.29, 0.717) is 17.1 Å². The summed E-state index contributed by atoms with van der Waals surface area (Å²) in [5.74, 6) is 0.267. The first-order chi connectivity index (χ1) is 8.58. The molecule has 18 heavy (non-hydrogen) atoms. The van der Waals surface area contributed by atoms with E-state index in [-0.39, 0.29) is 5.91 Å². The van der Waals surface area contributed by atoms with Crippen molar-refractivity contribution in [2.45, 2.75) is 0 Å². The van der Waals surface area contributed by atoms with Gasteiger partial charge in [-0.05, 0) is 12.1 Å². The molecule has 0 bridgehead atoms. The number of nitrogens with two attached hydrogens (primary N) is 1. The summed E-state index contributed by atoms with van der Waals surface area (Å²) in [4.78, 5) is 17.7. The lowest BCUT2D eigenvalue weighted by Crippen LogP contribution is -2.22. The Balaban J connectivity index is 2.48. The Labute approximate surface area is 106 Å². The molecule has 92 valence electrons. The molecule has 1 heterocycles. The molecule has 0 spiro atoms. The Morgan fingerprint density at radius 2 is 1.83 bits per heavy atom. The molecule has 1 aromatic carbocycles. The standard InChI is InChI=1S/C14H15N3O/c1-17(2)14(18)11-8-12(16-13(15)9-11)10-6-4-3-5-7-10/h3-9H,1-2H3,(H2,15,16). The van der Waals surface area contributed by atoms with Crippen LogP contribution in [0.15, 0.2) is 42.5 Å². The Morgan fingerprint density at radius 3 is 2.44 bits per heavy atom. The van der Waals surface area contributed by atoms with Crippen molar-refractivity contribution >= 4 is 11.7 Å². The van der Waals surface area contributed by atoms with Crippen molar-refractivity contribution in [2.75, 3.05) is 19.8 Å². The molecule has 2 rings (SSSR count). The molecule has 4 heteroatoms. The van der Waals surface area contributed by atoms with Crippen molar-refractivity contribution in [3.63, 3.8) is 0 Å². The summed E-state index contributed by atoms with van der Waals surface area (Å²) in [7, 11) is 3.42. The van der Waals surface area contributed by atoms with E-state index >= 15 is 0 Å². The molecule has 2 aromatic rings. The molecule has 0 saturated heterocycles. The summed E-state index contributed by atoms with van der Waals surface area (Å²) in [5, 5.41) is 0. The average Bonchev–Trinajstić information content (AvgIpc) is 2.38. The first kappa shape index (κ1) is 12.1. The second kappa shape index (κ2) is 4.87. The second-order valence-corrected chi connectivity index (χ2v) is 4.23. The summed E-state index contributed by atoms with van der Waals surface area (Å²) < 4.78 is 0. The van der Waals surface area contributed by atoms with Gasteiger partial charge in [-0.15, -0.1) is 0 Å². The normalized spacial score (nSPS) is 10.1. The number of nitrogen functional groups attached to an aromatic ring is 1. The number of benzene rings is 1. The topological polar surface area (TPSA) is 59.2 Å². The zero-order valence-electron chi connectivity index (χ0n) is 10.4. The van der Waals surface area contributed by atoms with Gasteiger partial charge in [0.15, 0.2) is 0 Å². The Kier molecular flexibility index (Phi) is 3.28. The van der Waals surface area contributed by atoms with Crippen LogP contribution < -0.4 is 5.73 Å². The largest absolute Gasteiger partial charge is 0.384 e. The summed E-state index contributed by atoms with van der Waals surface area (Å²) in [5.41, 5.74) is 7.95. The molecule has 1 amide bonds. The Bertz CT molecular complexity index is 565. The lowest BCUT2D eigenvalue weighted by molar-refractivity contribution is 0.0827. The van der Waals surface area contributed by atoms with E-state index in [2.05, 4.69) is 4.98 Å². The number of pyridine rings is 1. The van der Waals surface area contributed by atoms with Crippen molar-refractivity contribution in [3.8, 4) is 11.3 Å². The van der Waals surface area contributed by atoms with Crippen molar-refractivity contribution in [2.24, 2.45) is 0 Å². The predicted molar refractivity (Wildman–Crippen MR) is 72.1 cm³/mol. The number of hydrogen-bond donors (Lipinski definition) is 1. The maximum atomic E-state index is 11.9. The fourth-order valence-corrected chi connectivity index (χ4v) is 1.69. The summed E-state index contributed by atoms with van der Waals surface area (Å²) in [6.45, 7) is 0. The minimum absolute atomic E-state index is 0.0821. The zero-order valence-corrected chi connectivity index (χ0v) is 10.4. The molecule has 0 atom stereocenters. The Hall–Kier alpha value is -2.36. The van der Waals surface area contributed by atoms with Crippen molar-refractivity contribution in [1.29, 1.82) is 0 Å². The van der Waals surface area contributed by atoms with Gasteiger partial charge >= 0.3 is 0 Å². The van der Waals surface area contributed by atoms with Gasteiger partial charge in [0, 0.05) is 25.2 Å². The highest BCUT2D eigenvalue weighted by Gasteiger charge is 2.11. The van der Waals surface area contributed by atoms with E-state index < -0.39 is 0 Å². The van der Waals surface area contributed by atoms with Crippen LogP contribution in [-0.4, -0.2) is 29.9 Å². The third-order valence-electron chi connectivity index (χ3n) is 2.57. The van der Waals surface area contributed by atoms with Gasteiger partial charge in [0.25, 0.3) is 5.91 Å². The first-order valence-electron chi connectivity index (χ1n) is 5.62. The highest BCUT2D eigenvalue weighted by Crippen LogP contribution is 2.20. The lowest BCUT2D eigenvalue weighted by atomic mass is 10.1. The van der Waals surface area contributed by atoms with Crippen molar-refractivity contribution in [1.82, 2.24) is 9.88 Å². The first-order valence-corrected chi connectivity index (χ1v) is 5.62. The fourth-order valence-electron chi connectivity index (χ4n) is 1.69. The number of hydrogen-bond acceptors (Lipinski definition) is 3. The van der Waals surface area contributed by atoms with Crippen LogP contribution in [0.3, 0.4) is 0 Å². The van der Waals surface area contributed by atoms with Crippen LogP contribution in [0.5, 0.6) is 0 Å². The molecule has 1 aromatic heterocycles. The van der Waals surface area contributed by atoms with Gasteiger partial charge in [-0.3, -0.25) is 4.79 Å². The number of amides is 1. The smallest absolute Gasteiger partial charge is 0.253 e. The van der Waals surface area contributed by atoms with Crippen LogP contribution in [0.25, 0.3) is 11.3 Å². The van der Waals surface area contributed by atoms with Crippen LogP contribution >= 0.6 is 0 Å². The Morgan fingerprint density at radius 1 is 1.17 bits per heavy atom. The van der Waals surface area contributed by atoms with Crippen LogP contribution in [0.4, 0.5) is 5.82 Å². The number of carbonyl (C=O) groups excluding carboxylic acids is 1. The number of anilines is 1. The quantitative estimate of drug-likeness (QED) is 0.875. The number of carbonyl (C=O) groups is 1. The van der Waals surface area contributed by atoms with Crippen molar-refractivity contribution in [3.05, 3.63) is 48.0 Å². The van der Waals surface area contributed by atoms with Gasteiger partial charge < -0.3 is 10.6 Å². The fraction of sp³-hybridized carbons (Fsp3) is 0.143. The highest BCUT2D eigenvalue weighted by molar-refractivity contribution is 5.95. The molecule has 0 aliphatic rings. The maximum Gasteiger partial charge on any atom is 0.253 e. The van der Waals surface area contributed by atoms with E-state index in [1.807, 2.05) is 30.3 Å². The molecule has 0 aliphatic heterocycles. The lowest BCUT2D eigenvalue weighted by Gasteiger charge is -2.11. The molecule has 0 unspecified atom stereocenters. The summed E-state index contributed by atoms with van der Waals surface area (Å²) >= 11 is 0. The third-order valence-corrected chi connectivity index (χ3v) is 2.57. The van der Waals surface area contributed by atoms with E-state index in [4.69, 9.17) is 5.73 Å². The van der Waals surface area contributed by atoms with Gasteiger partial charge in [0.05, 0.1) is 5.69 Å². The molecule has 0 aliphatic carbocycles. The van der Waals surface area contributed by atoms with Gasteiger partial charge in [-0.2, -0.15) is 0 Å². The highest BCUT2D eigenvalue weighted by atomic mass is 16.2. The second-order valence-electron chi connectivity index (χ2n) is 4.23. The van der Waals surface area contributed by atoms with Gasteiger partial charge in [-0.1, -0.05) is 30.3 Å². The minimum atomic E-state index is -0.0821. The SMILES string of the molecule is CN(C)C(=O)c1cc(N)nc(-c2ccccc2)c1. The predicted octanol–water partition coefficient (Wildman–Crippen LogP) is 2.03. The third kappa shape index (κ3) is 2.48. The summed E-state index contributed by atoms with van der Waals surface area (Å²) in [6, 6.07) is 13.0. The number of nitrogens with zero attached hydrogens (tertiary/aromatic N) is 2. The minimum Gasteiger partial charge on any atom is -0.384 e. The van der Waals surface area contributed by atoms with Crippen LogP contribution in [-0.2, 0) is 0 Å². The molecular weight excluding hydrogens is 226 g/mol. The molecular formula is C14H15N3O. The van der Waals surface area contributed by atoms with E-state index in [1.54, 1.807) is 26.2 Å². The van der Waals surface area contributed by atoms with Gasteiger partial charge in [-0.25, -0.2) is 4.98 Å². The van der Waals surface area contributed by atoms with Crippen LogP contribution in [0, 0.1) is 0 Å². The maximum absolute atomic E-state index is 11.9. The monoisotopic (exact) mass is 241 g/mol. The summed E-state index contributed by atoms with van der Waals surface area (Å²) in [6.07, 6.45) is 0. The molecule has 4 nitrogen and oxygen atoms in total. The van der Waals surface area contributed by atoms with E-state index in [9.17, 15) is 4.79 Å². The number of rotatable bonds is 2. The van der Waals surface area contributed by atoms with Crippen molar-refractivity contribution < 1.29 is 4.79 Å². The molecule has 0 fully saturated rings. The van der Waals surface area contributed by atoms with Gasteiger partial charge in [0.2, 0.25) is 0 Å². The van der Waals surface area contributed by atoms with Crippen LogP contribution in [0.1, 0.15) is 10.4 Å². The average molecular weight is 241 g/mol. The molecule has 0 radical (unpaired) electrons. The van der Waals surface area contributed by atoms with Gasteiger partial charge in [0.1, 0.15) is 5.82 Å². The molecule has 2 N–H and O–H groups in total. The van der Waals surface area contributed by atoms with E-state index in [1.165, 1.54) is 4.90 Å².